The summed E-state index contributed by atoms with van der Waals surface area (Å²) in [7, 11) is 0. The minimum absolute atomic E-state index is 0.203. The third kappa shape index (κ3) is 31.8. The van der Waals surface area contributed by atoms with Crippen LogP contribution in [0.3, 0.4) is 0 Å². The van der Waals surface area contributed by atoms with Crippen LogP contribution in [0.5, 0.6) is 0 Å². The highest BCUT2D eigenvalue weighted by molar-refractivity contribution is 5.73. The predicted molar refractivity (Wildman–Crippen MR) is 416 cm³/mol. The van der Waals surface area contributed by atoms with E-state index in [1.807, 2.05) is 0 Å². The van der Waals surface area contributed by atoms with E-state index in [0.717, 1.165) is 47.6 Å². The normalized spacial score (nSPS) is 27.4. The van der Waals surface area contributed by atoms with Gasteiger partial charge in [-0.2, -0.15) is 0 Å². The minimum Gasteiger partial charge on any atom is -0.485 e. The lowest BCUT2D eigenvalue weighted by atomic mass is 9.55. The van der Waals surface area contributed by atoms with Gasteiger partial charge in [-0.15, -0.1) is 0 Å². The molecule has 3 fully saturated rings. The molecule has 0 spiro atoms. The van der Waals surface area contributed by atoms with Crippen molar-refractivity contribution >= 4 is 77.6 Å². The molecule has 5 N–H and O–H groups in total. The van der Waals surface area contributed by atoms with Gasteiger partial charge in [-0.1, -0.05) is 56.7 Å². The van der Waals surface area contributed by atoms with Gasteiger partial charge in [0, 0.05) is 146 Å². The highest BCUT2D eigenvalue weighted by atomic mass is 16.8. The zero-order valence-electron chi connectivity index (χ0n) is 72.4. The number of hydrogen-bond acceptors (Lipinski definition) is 47. The van der Waals surface area contributed by atoms with E-state index in [4.69, 9.17) is 109 Å². The predicted octanol–water partition coefficient (Wildman–Crippen LogP) is 4.77. The number of hydrogen-bond donors (Lipinski definition) is 5. The topological polar surface area (TPSA) is 828 Å². The molecule has 0 aromatic rings. The average molecular weight is 1870 g/mol. The first-order valence-corrected chi connectivity index (χ1v) is 38.6. The molecular weight excluding hydrogens is 1770 g/mol. The van der Waals surface area contributed by atoms with Crippen LogP contribution >= 0.6 is 0 Å². The average Bonchev–Trinajstić information content (AvgIpc) is 0.641. The first kappa shape index (κ1) is 110. The molecule has 1 aliphatic carbocycles. The Hall–Kier alpha value is -13.3. The highest BCUT2D eigenvalue weighted by Gasteiger charge is 2.90. The zero-order valence-corrected chi connectivity index (χ0v) is 72.4. The number of rotatable bonds is 34. The molecule has 4 bridgehead atoms. The maximum Gasteiger partial charge on any atom is 0.308 e. The Balaban J connectivity index is 2.56. The fourth-order valence-electron chi connectivity index (χ4n) is 13.0. The van der Waals surface area contributed by atoms with Gasteiger partial charge in [-0.3, -0.25) is 62.3 Å². The largest absolute Gasteiger partial charge is 0.485 e. The van der Waals surface area contributed by atoms with Crippen molar-refractivity contribution in [2.24, 2.45) is 30.7 Å². The summed E-state index contributed by atoms with van der Waals surface area (Å²) in [5.41, 5.74) is 52.8. The van der Waals surface area contributed by atoms with E-state index in [9.17, 15) is 121 Å². The van der Waals surface area contributed by atoms with Crippen LogP contribution in [-0.2, 0) is 171 Å². The number of fused-ring (bicyclic) bond motifs is 22. The van der Waals surface area contributed by atoms with Crippen LogP contribution in [0.1, 0.15) is 135 Å². The molecule has 131 heavy (non-hydrogen) atoms. The summed E-state index contributed by atoms with van der Waals surface area (Å²) < 4.78 is 135. The number of aliphatic hydroxyl groups is 5. The number of nitrogens with zero attached hydrogens (tertiary/aromatic N) is 18. The lowest BCUT2D eigenvalue weighted by Crippen LogP contribution is -2.97. The zero-order chi connectivity index (χ0) is 98.3. The first-order valence-electron chi connectivity index (χ1n) is 38.6. The van der Waals surface area contributed by atoms with Gasteiger partial charge in [0.1, 0.15) is 49.3 Å². The lowest BCUT2D eigenvalue weighted by molar-refractivity contribution is -0.523. The van der Waals surface area contributed by atoms with E-state index >= 15 is 0 Å². The van der Waals surface area contributed by atoms with Crippen LogP contribution in [0.15, 0.2) is 101 Å². The fourth-order valence-corrected chi connectivity index (χ4v) is 13.0. The molecule has 5 rings (SSSR count). The van der Waals surface area contributed by atoms with Gasteiger partial charge in [0.05, 0.1) is 19.2 Å². The minimum atomic E-state index is -3.13. The van der Waals surface area contributed by atoms with Gasteiger partial charge in [-0.25, -0.2) is 0 Å². The lowest BCUT2D eigenvalue weighted by Gasteiger charge is -2.73. The molecule has 0 aromatic heterocycles. The molecule has 4 aliphatic heterocycles. The summed E-state index contributed by atoms with van der Waals surface area (Å²) >= 11 is 0. The summed E-state index contributed by atoms with van der Waals surface area (Å²) in [4.78, 5) is 193. The van der Waals surface area contributed by atoms with E-state index < -0.39 is 336 Å². The Morgan fingerprint density at radius 3 is 1.03 bits per heavy atom. The Bertz CT molecular complexity index is 4700. The molecule has 4 heterocycles. The van der Waals surface area contributed by atoms with Crippen molar-refractivity contribution in [2.75, 3.05) is 45.9 Å². The van der Waals surface area contributed by atoms with Gasteiger partial charge in [0.15, 0.2) is 64.8 Å². The van der Waals surface area contributed by atoms with Crippen molar-refractivity contribution in [2.45, 2.75) is 258 Å². The molecule has 59 heteroatoms. The van der Waals surface area contributed by atoms with Crippen molar-refractivity contribution in [1.29, 1.82) is 0 Å². The Labute approximate surface area is 739 Å². The van der Waals surface area contributed by atoms with Crippen molar-refractivity contribution in [3.63, 3.8) is 0 Å². The number of azide groups is 6. The molecule has 0 aromatic carbocycles. The van der Waals surface area contributed by atoms with Crippen molar-refractivity contribution in [3.05, 3.63) is 133 Å². The Morgan fingerprint density at radius 2 is 0.695 bits per heavy atom. The summed E-state index contributed by atoms with van der Waals surface area (Å²) in [5.74, 6) is -31.5. The summed E-state index contributed by atoms with van der Waals surface area (Å²) in [6.45, 7) is 7.65. The molecule has 20 atom stereocenters. The summed E-state index contributed by atoms with van der Waals surface area (Å²) in [6, 6.07) is 0. The molecule has 5 aliphatic rings. The van der Waals surface area contributed by atoms with Crippen LogP contribution in [0.2, 0.25) is 0 Å². The summed E-state index contributed by atoms with van der Waals surface area (Å²) in [6.07, 6.45) is -49.7. The summed E-state index contributed by atoms with van der Waals surface area (Å²) in [5, 5.41) is 84.2. The second-order valence-corrected chi connectivity index (χ2v) is 27.1. The molecular formula is C72H94N18O41. The van der Waals surface area contributed by atoms with Gasteiger partial charge in [0.25, 0.3) is 0 Å². The molecule has 1 saturated carbocycles. The van der Waals surface area contributed by atoms with Gasteiger partial charge in [-0.05, 0) is 65.3 Å². The van der Waals surface area contributed by atoms with Gasteiger partial charge >= 0.3 is 77.6 Å². The van der Waals surface area contributed by atoms with Crippen molar-refractivity contribution < 1.29 is 197 Å². The number of carbonyl (C=O) groups is 13. The molecule has 0 radical (unpaired) electrons. The van der Waals surface area contributed by atoms with Gasteiger partial charge in [0.2, 0.25) is 66.4 Å². The maximum atomic E-state index is 13.8. The van der Waals surface area contributed by atoms with Crippen molar-refractivity contribution in [3.8, 4) is 0 Å². The monoisotopic (exact) mass is 1870 g/mol. The van der Waals surface area contributed by atoms with E-state index in [2.05, 4.69) is 66.7 Å². The third-order valence-electron chi connectivity index (χ3n) is 17.2. The van der Waals surface area contributed by atoms with E-state index in [0.29, 0.717) is 48.5 Å². The number of ether oxygens (including phenoxy) is 23. The second-order valence-electron chi connectivity index (χ2n) is 27.1. The highest BCUT2D eigenvalue weighted by Crippen LogP contribution is 2.64. The Kier molecular flexibility index (Phi) is 45.0. The number of esters is 13. The van der Waals surface area contributed by atoms with Crippen LogP contribution in [-0.4, -0.2) is 271 Å². The van der Waals surface area contributed by atoms with Crippen LogP contribution < -0.4 is 0 Å². The SMILES string of the molecule is C=CCOC1=C(OC(C)=O)C(CCN=[N+]=[N-])OC(O)C(OC(C)=O)=C(OC(C)=O)C(CCC)OC(O)C(OC(C)=O)=C(OC(C)=O)C(CCN=[N+]=[N-])OC2OC(CN=[N+]=[N-])C(OC(O)C(OC(C)=O)=C(OC(C)=O)C(CCN=[N+]=[N-])OC(O)C(OC(C)=O)=C(OC(C)=O)C(CCN=[N+]=[N-])OC3OC4(CN=[N+]=[N-])C(OC1O)C(OC(C)=O)C34OC(C)=O)C(OC(C)=O)C2OC(C)=O. The number of aliphatic hydroxyl groups excluding tert-OH is 5. The quantitative estimate of drug-likeness (QED) is 0.0145. The molecule has 20 unspecified atom stereocenters. The maximum absolute atomic E-state index is 13.8. The third-order valence-corrected chi connectivity index (χ3v) is 17.2. The van der Waals surface area contributed by atoms with Crippen LogP contribution in [0, 0.1) is 0 Å². The molecule has 2 saturated heterocycles. The first-order chi connectivity index (χ1) is 61.9. The standard InChI is InChI=1S/C72H94N18O41/c1-16-18-43-50(111-31(4)92)57(116-36(9)97)66(106)123-44(19-23-79-85-73)49(110-30(3)91)56(109-27-17-2)64(104)129-62-63(121-41(14)102)72(130-42(15)103)70(131-71(62,72)29-84-90-78)127-47(22-26-82-88-76)53(114-34(7)95)59(118-38(11)99)67(107)124-45(20-24-80-86-74)51(112-32(5)93)60(119-39(12)100)68(108)128-54-48(28-83-89-77)126-69(61(120-40(13)101)55(54)115-35(8)96)125-46(21-25-81-87-75)52(113-33(6)94)58(65(105)122-43)117-37(10)98/h17,43-48,54-55,61-70,104-108H,2,16,18-29H2,1,3-15H3. The smallest absolute Gasteiger partial charge is 0.308 e. The van der Waals surface area contributed by atoms with Crippen LogP contribution in [0.4, 0.5) is 0 Å². The molecule has 0 amide bonds. The number of carbonyl (C=O) groups excluding carboxylic acids is 13. The van der Waals surface area contributed by atoms with E-state index in [1.165, 1.54) is 6.92 Å². The molecule has 718 valence electrons. The van der Waals surface area contributed by atoms with Crippen molar-refractivity contribution in [1.82, 2.24) is 0 Å². The van der Waals surface area contributed by atoms with E-state index in [-0.39, 0.29) is 6.42 Å². The molecule has 59 nitrogen and oxygen atoms in total. The van der Waals surface area contributed by atoms with E-state index in [1.54, 1.807) is 0 Å². The fraction of sp³-hybridized carbons (Fsp3) is 0.653. The van der Waals surface area contributed by atoms with Crippen LogP contribution in [0.25, 0.3) is 62.7 Å². The van der Waals surface area contributed by atoms with Gasteiger partial charge < -0.3 is 134 Å². The Morgan fingerprint density at radius 1 is 0.374 bits per heavy atom. The second kappa shape index (κ2) is 53.6.